The van der Waals surface area contributed by atoms with Crippen LogP contribution >= 0.6 is 0 Å². The molecule has 0 atom stereocenters. The number of ether oxygens (including phenoxy) is 1. The van der Waals surface area contributed by atoms with Gasteiger partial charge in [-0.1, -0.05) is 25.3 Å². The summed E-state index contributed by atoms with van der Waals surface area (Å²) < 4.78 is 7.11. The molecular weight excluding hydrogens is 322 g/mol. The molecule has 0 N–H and O–H groups in total. The standard InChI is InChI=1S/C17H23N5O3/c1-3-20(13-8-5-4-6-9-13)16(23)22-17(24)21(18-19-22)14-10-7-11-15(12-14)25-2/h7,10-13H,3-6,8-9H2,1-2H3. The number of carbonyl (C=O) groups excluding carboxylic acids is 1. The second-order valence-corrected chi connectivity index (χ2v) is 6.15. The highest BCUT2D eigenvalue weighted by Gasteiger charge is 2.28. The highest BCUT2D eigenvalue weighted by molar-refractivity contribution is 5.75. The molecule has 1 aromatic carbocycles. The molecule has 1 saturated carbocycles. The zero-order valence-electron chi connectivity index (χ0n) is 14.6. The summed E-state index contributed by atoms with van der Waals surface area (Å²) in [4.78, 5) is 27.2. The van der Waals surface area contributed by atoms with Crippen molar-refractivity contribution in [3.05, 3.63) is 34.7 Å². The van der Waals surface area contributed by atoms with Crippen molar-refractivity contribution in [2.75, 3.05) is 13.7 Å². The first-order valence-corrected chi connectivity index (χ1v) is 8.66. The Hall–Kier alpha value is -2.64. The highest BCUT2D eigenvalue weighted by atomic mass is 16.5. The number of benzene rings is 1. The van der Waals surface area contributed by atoms with Gasteiger partial charge in [0.25, 0.3) is 0 Å². The van der Waals surface area contributed by atoms with Crippen LogP contribution in [0, 0.1) is 0 Å². The van der Waals surface area contributed by atoms with Gasteiger partial charge in [0.1, 0.15) is 5.75 Å². The van der Waals surface area contributed by atoms with Crippen LogP contribution < -0.4 is 10.4 Å². The first kappa shape index (κ1) is 17.2. The third-order valence-corrected chi connectivity index (χ3v) is 4.66. The van der Waals surface area contributed by atoms with Crippen molar-refractivity contribution >= 4 is 6.03 Å². The number of rotatable bonds is 4. The van der Waals surface area contributed by atoms with Crippen LogP contribution in [0.25, 0.3) is 5.69 Å². The molecule has 0 spiro atoms. The summed E-state index contributed by atoms with van der Waals surface area (Å²) >= 11 is 0. The van der Waals surface area contributed by atoms with Crippen LogP contribution in [0.5, 0.6) is 5.75 Å². The summed E-state index contributed by atoms with van der Waals surface area (Å²) in [6.45, 7) is 2.46. The Morgan fingerprint density at radius 1 is 1.28 bits per heavy atom. The predicted molar refractivity (Wildman–Crippen MR) is 92.2 cm³/mol. The fraction of sp³-hybridized carbons (Fsp3) is 0.529. The first-order chi connectivity index (χ1) is 12.2. The van der Waals surface area contributed by atoms with Crippen LogP contribution in [0.1, 0.15) is 39.0 Å². The van der Waals surface area contributed by atoms with Gasteiger partial charge in [0.15, 0.2) is 0 Å². The Bertz CT molecular complexity index is 792. The Morgan fingerprint density at radius 2 is 2.04 bits per heavy atom. The molecule has 1 fully saturated rings. The van der Waals surface area contributed by atoms with Crippen molar-refractivity contribution in [3.63, 3.8) is 0 Å². The summed E-state index contributed by atoms with van der Waals surface area (Å²) in [6.07, 6.45) is 5.37. The van der Waals surface area contributed by atoms with Crippen LogP contribution in [0.2, 0.25) is 0 Å². The van der Waals surface area contributed by atoms with E-state index < -0.39 is 11.7 Å². The lowest BCUT2D eigenvalue weighted by atomic mass is 9.94. The van der Waals surface area contributed by atoms with E-state index in [2.05, 4.69) is 10.4 Å². The number of carbonyl (C=O) groups is 1. The fourth-order valence-corrected chi connectivity index (χ4v) is 3.33. The van der Waals surface area contributed by atoms with Crippen LogP contribution in [0.4, 0.5) is 4.79 Å². The molecule has 1 aromatic heterocycles. The van der Waals surface area contributed by atoms with Crippen molar-refractivity contribution in [2.45, 2.75) is 45.1 Å². The molecule has 1 aliphatic rings. The van der Waals surface area contributed by atoms with Gasteiger partial charge in [0.2, 0.25) is 0 Å². The highest BCUT2D eigenvalue weighted by Crippen LogP contribution is 2.22. The number of hydrogen-bond acceptors (Lipinski definition) is 5. The Labute approximate surface area is 146 Å². The molecule has 8 heteroatoms. The summed E-state index contributed by atoms with van der Waals surface area (Å²) in [5.74, 6) is 0.600. The molecular formula is C17H23N5O3. The Morgan fingerprint density at radius 3 is 2.72 bits per heavy atom. The molecule has 0 saturated heterocycles. The average molecular weight is 345 g/mol. The maximum absolute atomic E-state index is 12.8. The van der Waals surface area contributed by atoms with Gasteiger partial charge in [-0.2, -0.15) is 4.68 Å². The lowest BCUT2D eigenvalue weighted by Gasteiger charge is -2.32. The molecule has 1 amide bonds. The maximum Gasteiger partial charge on any atom is 0.377 e. The maximum atomic E-state index is 12.8. The number of methoxy groups -OCH3 is 1. The van der Waals surface area contributed by atoms with Crippen LogP contribution in [0.3, 0.4) is 0 Å². The second-order valence-electron chi connectivity index (χ2n) is 6.15. The van der Waals surface area contributed by atoms with E-state index in [1.807, 2.05) is 6.92 Å². The van der Waals surface area contributed by atoms with E-state index in [1.54, 1.807) is 36.3 Å². The van der Waals surface area contributed by atoms with Crippen molar-refractivity contribution in [1.82, 2.24) is 24.7 Å². The van der Waals surface area contributed by atoms with Gasteiger partial charge in [0.05, 0.1) is 12.8 Å². The number of nitrogens with zero attached hydrogens (tertiary/aromatic N) is 5. The van der Waals surface area contributed by atoms with Crippen molar-refractivity contribution in [3.8, 4) is 11.4 Å². The predicted octanol–water partition coefficient (Wildman–Crippen LogP) is 2.06. The van der Waals surface area contributed by atoms with Crippen LogP contribution in [-0.2, 0) is 0 Å². The third-order valence-electron chi connectivity index (χ3n) is 4.66. The SMILES string of the molecule is CCN(C(=O)n1nnn(-c2cccc(OC)c2)c1=O)C1CCCCC1. The Kier molecular flexibility index (Phi) is 5.16. The number of tetrazole rings is 1. The van der Waals surface area contributed by atoms with Crippen molar-refractivity contribution < 1.29 is 9.53 Å². The number of amides is 1. The monoisotopic (exact) mass is 345 g/mol. The lowest BCUT2D eigenvalue weighted by Crippen LogP contribution is -2.46. The summed E-state index contributed by atoms with van der Waals surface area (Å²) in [6, 6.07) is 6.66. The molecule has 134 valence electrons. The summed E-state index contributed by atoms with van der Waals surface area (Å²) in [5, 5.41) is 7.65. The van der Waals surface area contributed by atoms with Crippen LogP contribution in [-0.4, -0.2) is 50.4 Å². The van der Waals surface area contributed by atoms with Crippen LogP contribution in [0.15, 0.2) is 29.1 Å². The van der Waals surface area contributed by atoms with Gasteiger partial charge >= 0.3 is 11.7 Å². The third kappa shape index (κ3) is 3.42. The summed E-state index contributed by atoms with van der Waals surface area (Å²) in [7, 11) is 1.55. The van der Waals surface area contributed by atoms with E-state index in [4.69, 9.17) is 4.74 Å². The van der Waals surface area contributed by atoms with Gasteiger partial charge in [-0.05, 0) is 42.3 Å². The second kappa shape index (κ2) is 7.50. The molecule has 25 heavy (non-hydrogen) atoms. The molecule has 1 heterocycles. The molecule has 8 nitrogen and oxygen atoms in total. The molecule has 0 aliphatic heterocycles. The van der Waals surface area contributed by atoms with E-state index in [0.29, 0.717) is 18.0 Å². The zero-order chi connectivity index (χ0) is 17.8. The normalized spacial score (nSPS) is 15.1. The minimum Gasteiger partial charge on any atom is -0.497 e. The van der Waals surface area contributed by atoms with Crippen molar-refractivity contribution in [2.24, 2.45) is 0 Å². The zero-order valence-corrected chi connectivity index (χ0v) is 14.6. The number of hydrogen-bond donors (Lipinski definition) is 0. The Balaban J connectivity index is 1.89. The molecule has 2 aromatic rings. The largest absolute Gasteiger partial charge is 0.497 e. The lowest BCUT2D eigenvalue weighted by molar-refractivity contribution is 0.157. The van der Waals surface area contributed by atoms with E-state index >= 15 is 0 Å². The van der Waals surface area contributed by atoms with Gasteiger partial charge in [-0.15, -0.1) is 4.68 Å². The first-order valence-electron chi connectivity index (χ1n) is 8.66. The summed E-state index contributed by atoms with van der Waals surface area (Å²) in [5.41, 5.74) is -0.0726. The molecule has 3 rings (SSSR count). The minimum atomic E-state index is -0.576. The van der Waals surface area contributed by atoms with Gasteiger partial charge in [-0.25, -0.2) is 9.59 Å². The molecule has 1 aliphatic carbocycles. The van der Waals surface area contributed by atoms with E-state index in [0.717, 1.165) is 35.0 Å². The van der Waals surface area contributed by atoms with E-state index in [1.165, 1.54) is 6.42 Å². The molecule has 0 unspecified atom stereocenters. The van der Waals surface area contributed by atoms with E-state index in [-0.39, 0.29) is 6.04 Å². The topological polar surface area (TPSA) is 82.2 Å². The average Bonchev–Trinajstić information content (AvgIpc) is 3.04. The van der Waals surface area contributed by atoms with E-state index in [9.17, 15) is 9.59 Å². The molecule has 0 bridgehead atoms. The van der Waals surface area contributed by atoms with Gasteiger partial charge < -0.3 is 9.64 Å². The smallest absolute Gasteiger partial charge is 0.377 e. The fourth-order valence-electron chi connectivity index (χ4n) is 3.33. The quantitative estimate of drug-likeness (QED) is 0.792. The molecule has 0 radical (unpaired) electrons. The number of aromatic nitrogens is 4. The minimum absolute atomic E-state index is 0.167. The van der Waals surface area contributed by atoms with Gasteiger partial charge in [0, 0.05) is 18.7 Å². The van der Waals surface area contributed by atoms with Gasteiger partial charge in [-0.3, -0.25) is 0 Å². The van der Waals surface area contributed by atoms with Crippen molar-refractivity contribution in [1.29, 1.82) is 0 Å².